The summed E-state index contributed by atoms with van der Waals surface area (Å²) in [5.41, 5.74) is 2.79. The molecule has 0 saturated carbocycles. The molecule has 2 amide bonds. The molecule has 4 nitrogen and oxygen atoms in total. The topological polar surface area (TPSA) is 58.2 Å². The highest BCUT2D eigenvalue weighted by molar-refractivity contribution is 7.07. The maximum atomic E-state index is 11.8. The number of hydrogen-bond donors (Lipinski definition) is 2. The van der Waals surface area contributed by atoms with Crippen molar-refractivity contribution in [2.24, 2.45) is 0 Å². The van der Waals surface area contributed by atoms with Crippen LogP contribution in [0.2, 0.25) is 0 Å². The van der Waals surface area contributed by atoms with E-state index < -0.39 is 0 Å². The van der Waals surface area contributed by atoms with Gasteiger partial charge in [0, 0.05) is 25.6 Å². The first-order valence-electron chi connectivity index (χ1n) is 6.78. The van der Waals surface area contributed by atoms with Crippen molar-refractivity contribution in [3.63, 3.8) is 0 Å². The molecule has 2 rings (SSSR count). The van der Waals surface area contributed by atoms with Crippen LogP contribution in [0.15, 0.2) is 41.1 Å². The zero-order chi connectivity index (χ0) is 15.1. The zero-order valence-corrected chi connectivity index (χ0v) is 12.7. The van der Waals surface area contributed by atoms with Gasteiger partial charge in [-0.2, -0.15) is 11.3 Å². The SMILES string of the molecule is CNC(=O)c1ccc(CNC(=O)CCc2ccsc2)cc1. The number of aryl methyl sites for hydroxylation is 1. The summed E-state index contributed by atoms with van der Waals surface area (Å²) in [6, 6.07) is 9.25. The summed E-state index contributed by atoms with van der Waals surface area (Å²) in [4.78, 5) is 23.2. The molecule has 0 bridgehead atoms. The maximum Gasteiger partial charge on any atom is 0.251 e. The lowest BCUT2D eigenvalue weighted by molar-refractivity contribution is -0.121. The standard InChI is InChI=1S/C16H18N2O2S/c1-17-16(20)14-5-2-12(3-6-14)10-18-15(19)7-4-13-8-9-21-11-13/h2-3,5-6,8-9,11H,4,7,10H2,1H3,(H,17,20)(H,18,19). The number of carbonyl (C=O) groups is 2. The van der Waals surface area contributed by atoms with E-state index in [9.17, 15) is 9.59 Å². The summed E-state index contributed by atoms with van der Waals surface area (Å²) < 4.78 is 0. The molecule has 0 spiro atoms. The summed E-state index contributed by atoms with van der Waals surface area (Å²) >= 11 is 1.64. The van der Waals surface area contributed by atoms with Gasteiger partial charge in [0.15, 0.2) is 0 Å². The Bertz CT molecular complexity index is 591. The molecule has 0 aliphatic heterocycles. The quantitative estimate of drug-likeness (QED) is 0.860. The Kier molecular flexibility index (Phi) is 5.51. The van der Waals surface area contributed by atoms with Gasteiger partial charge in [-0.05, 0) is 46.5 Å². The molecule has 2 N–H and O–H groups in total. The van der Waals surface area contributed by atoms with Crippen LogP contribution < -0.4 is 10.6 Å². The summed E-state index contributed by atoms with van der Waals surface area (Å²) in [6.07, 6.45) is 1.26. The molecule has 0 aliphatic carbocycles. The van der Waals surface area contributed by atoms with E-state index in [2.05, 4.69) is 16.0 Å². The number of rotatable bonds is 6. The molecule has 1 heterocycles. The van der Waals surface area contributed by atoms with Crippen LogP contribution >= 0.6 is 11.3 Å². The van der Waals surface area contributed by atoms with E-state index in [0.717, 1.165) is 12.0 Å². The van der Waals surface area contributed by atoms with Gasteiger partial charge in [-0.3, -0.25) is 9.59 Å². The molecule has 110 valence electrons. The molecule has 0 unspecified atom stereocenters. The van der Waals surface area contributed by atoms with Gasteiger partial charge in [0.05, 0.1) is 0 Å². The normalized spacial score (nSPS) is 10.1. The van der Waals surface area contributed by atoms with Crippen molar-refractivity contribution < 1.29 is 9.59 Å². The van der Waals surface area contributed by atoms with Crippen LogP contribution in [0.1, 0.15) is 27.9 Å². The lowest BCUT2D eigenvalue weighted by Crippen LogP contribution is -2.23. The number of benzene rings is 1. The van der Waals surface area contributed by atoms with E-state index in [1.165, 1.54) is 5.56 Å². The Hall–Kier alpha value is -2.14. The number of amides is 2. The second kappa shape index (κ2) is 7.59. The van der Waals surface area contributed by atoms with E-state index >= 15 is 0 Å². The van der Waals surface area contributed by atoms with Gasteiger partial charge in [0.25, 0.3) is 5.91 Å². The Balaban J connectivity index is 1.77. The van der Waals surface area contributed by atoms with Gasteiger partial charge in [0.2, 0.25) is 5.91 Å². The van der Waals surface area contributed by atoms with Crippen LogP contribution in [-0.2, 0) is 17.8 Å². The third kappa shape index (κ3) is 4.72. The number of nitrogens with one attached hydrogen (secondary N) is 2. The van der Waals surface area contributed by atoms with Crippen LogP contribution in [0, 0.1) is 0 Å². The molecule has 5 heteroatoms. The van der Waals surface area contributed by atoms with Crippen molar-refractivity contribution in [1.29, 1.82) is 0 Å². The monoisotopic (exact) mass is 302 g/mol. The highest BCUT2D eigenvalue weighted by Crippen LogP contribution is 2.08. The summed E-state index contributed by atoms with van der Waals surface area (Å²) in [6.45, 7) is 0.483. The predicted octanol–water partition coefficient (Wildman–Crippen LogP) is 2.36. The molecule has 0 radical (unpaired) electrons. The zero-order valence-electron chi connectivity index (χ0n) is 11.9. The van der Waals surface area contributed by atoms with Gasteiger partial charge in [-0.1, -0.05) is 12.1 Å². The van der Waals surface area contributed by atoms with E-state index in [-0.39, 0.29) is 11.8 Å². The van der Waals surface area contributed by atoms with E-state index in [1.807, 2.05) is 23.6 Å². The molecule has 0 atom stereocenters. The Morgan fingerprint density at radius 2 is 1.86 bits per heavy atom. The van der Waals surface area contributed by atoms with Crippen molar-refractivity contribution in [3.8, 4) is 0 Å². The first-order valence-corrected chi connectivity index (χ1v) is 7.72. The van der Waals surface area contributed by atoms with Gasteiger partial charge >= 0.3 is 0 Å². The second-order valence-electron chi connectivity index (χ2n) is 4.68. The van der Waals surface area contributed by atoms with Crippen LogP contribution in [0.4, 0.5) is 0 Å². The number of thiophene rings is 1. The number of carbonyl (C=O) groups excluding carboxylic acids is 2. The molecular weight excluding hydrogens is 284 g/mol. The van der Waals surface area contributed by atoms with E-state index in [1.54, 1.807) is 30.5 Å². The molecule has 1 aromatic carbocycles. The summed E-state index contributed by atoms with van der Waals surface area (Å²) in [5.74, 6) is -0.0714. The minimum absolute atomic E-state index is 0.0385. The molecular formula is C16H18N2O2S. The number of hydrogen-bond acceptors (Lipinski definition) is 3. The third-order valence-corrected chi connectivity index (χ3v) is 3.89. The largest absolute Gasteiger partial charge is 0.355 e. The summed E-state index contributed by atoms with van der Waals surface area (Å²) in [7, 11) is 1.60. The average Bonchev–Trinajstić information content (AvgIpc) is 3.04. The van der Waals surface area contributed by atoms with Crippen LogP contribution in [0.3, 0.4) is 0 Å². The van der Waals surface area contributed by atoms with E-state index in [0.29, 0.717) is 18.5 Å². The molecule has 1 aromatic heterocycles. The highest BCUT2D eigenvalue weighted by atomic mass is 32.1. The van der Waals surface area contributed by atoms with Gasteiger partial charge < -0.3 is 10.6 Å². The third-order valence-electron chi connectivity index (χ3n) is 3.15. The lowest BCUT2D eigenvalue weighted by Gasteiger charge is -2.06. The molecule has 0 aliphatic rings. The molecule has 0 fully saturated rings. The molecule has 21 heavy (non-hydrogen) atoms. The summed E-state index contributed by atoms with van der Waals surface area (Å²) in [5, 5.41) is 9.54. The van der Waals surface area contributed by atoms with Crippen molar-refractivity contribution >= 4 is 23.2 Å². The Morgan fingerprint density at radius 1 is 1.10 bits per heavy atom. The fourth-order valence-electron chi connectivity index (χ4n) is 1.90. The van der Waals surface area contributed by atoms with Crippen molar-refractivity contribution in [2.45, 2.75) is 19.4 Å². The minimum atomic E-state index is -0.110. The van der Waals surface area contributed by atoms with Crippen molar-refractivity contribution in [1.82, 2.24) is 10.6 Å². The first kappa shape index (κ1) is 15.3. The molecule has 2 aromatic rings. The van der Waals surface area contributed by atoms with Gasteiger partial charge in [0.1, 0.15) is 0 Å². The Morgan fingerprint density at radius 3 is 2.48 bits per heavy atom. The fourth-order valence-corrected chi connectivity index (χ4v) is 2.60. The van der Waals surface area contributed by atoms with Crippen molar-refractivity contribution in [3.05, 3.63) is 57.8 Å². The fraction of sp³-hybridized carbons (Fsp3) is 0.250. The molecule has 0 saturated heterocycles. The van der Waals surface area contributed by atoms with Crippen LogP contribution in [0.5, 0.6) is 0 Å². The van der Waals surface area contributed by atoms with Crippen LogP contribution in [-0.4, -0.2) is 18.9 Å². The van der Waals surface area contributed by atoms with Gasteiger partial charge in [-0.25, -0.2) is 0 Å². The predicted molar refractivity (Wildman–Crippen MR) is 84.3 cm³/mol. The van der Waals surface area contributed by atoms with Crippen LogP contribution in [0.25, 0.3) is 0 Å². The highest BCUT2D eigenvalue weighted by Gasteiger charge is 2.04. The van der Waals surface area contributed by atoms with Gasteiger partial charge in [-0.15, -0.1) is 0 Å². The smallest absolute Gasteiger partial charge is 0.251 e. The second-order valence-corrected chi connectivity index (χ2v) is 5.46. The average molecular weight is 302 g/mol. The first-order chi connectivity index (χ1) is 10.2. The van der Waals surface area contributed by atoms with Crippen molar-refractivity contribution in [2.75, 3.05) is 7.05 Å². The van der Waals surface area contributed by atoms with E-state index in [4.69, 9.17) is 0 Å². The lowest BCUT2D eigenvalue weighted by atomic mass is 10.1. The Labute approximate surface area is 128 Å². The minimum Gasteiger partial charge on any atom is -0.355 e. The maximum absolute atomic E-state index is 11.8.